The van der Waals surface area contributed by atoms with Gasteiger partial charge in [-0.25, -0.2) is 0 Å². The first-order valence-corrected chi connectivity index (χ1v) is 8.87. The summed E-state index contributed by atoms with van der Waals surface area (Å²) in [6, 6.07) is 6.71. The van der Waals surface area contributed by atoms with Crippen molar-refractivity contribution >= 4 is 24.2 Å². The van der Waals surface area contributed by atoms with Crippen LogP contribution in [0.2, 0.25) is 0 Å². The van der Waals surface area contributed by atoms with Crippen LogP contribution in [0.5, 0.6) is 5.75 Å². The Balaban J connectivity index is 0.00000338. The van der Waals surface area contributed by atoms with Crippen molar-refractivity contribution in [2.45, 2.75) is 38.8 Å². The summed E-state index contributed by atoms with van der Waals surface area (Å²) in [4.78, 5) is 27.2. The number of amides is 2. The van der Waals surface area contributed by atoms with E-state index >= 15 is 0 Å². The van der Waals surface area contributed by atoms with Crippen LogP contribution in [0.15, 0.2) is 24.3 Å². The topological polar surface area (TPSA) is 70.7 Å². The van der Waals surface area contributed by atoms with Gasteiger partial charge in [0.05, 0.1) is 13.2 Å². The zero-order chi connectivity index (χ0) is 18.4. The fourth-order valence-corrected chi connectivity index (χ4v) is 3.22. The molecule has 1 aromatic rings. The molecule has 0 unspecified atom stereocenters. The van der Waals surface area contributed by atoms with Crippen LogP contribution < -0.4 is 15.4 Å². The molecule has 2 amide bonds. The number of nitrogens with one attached hydrogen (secondary N) is 2. The number of carbonyl (C=O) groups excluding carboxylic acids is 2. The highest BCUT2D eigenvalue weighted by atomic mass is 35.5. The Morgan fingerprint density at radius 2 is 1.92 bits per heavy atom. The molecule has 1 fully saturated rings. The molecule has 6 nitrogen and oxygen atoms in total. The number of likely N-dealkylation sites (tertiary alicyclic amines) is 1. The number of benzene rings is 1. The maximum absolute atomic E-state index is 12.6. The third kappa shape index (κ3) is 5.35. The number of methoxy groups -OCH3 is 1. The van der Waals surface area contributed by atoms with E-state index in [2.05, 4.69) is 24.5 Å². The van der Waals surface area contributed by atoms with Gasteiger partial charge in [-0.2, -0.15) is 0 Å². The largest absolute Gasteiger partial charge is 0.497 e. The smallest absolute Gasteiger partial charge is 0.241 e. The van der Waals surface area contributed by atoms with Crippen molar-refractivity contribution in [3.05, 3.63) is 29.8 Å². The number of halogens is 1. The number of rotatable bonds is 7. The first kappa shape index (κ1) is 22.3. The van der Waals surface area contributed by atoms with Gasteiger partial charge >= 0.3 is 0 Å². The van der Waals surface area contributed by atoms with Crippen molar-refractivity contribution in [1.29, 1.82) is 0 Å². The minimum absolute atomic E-state index is 0. The number of nitrogens with zero attached hydrogens (tertiary/aromatic N) is 1. The summed E-state index contributed by atoms with van der Waals surface area (Å²) in [6.07, 6.45) is 1.68. The van der Waals surface area contributed by atoms with Gasteiger partial charge < -0.3 is 15.4 Å². The minimum Gasteiger partial charge on any atom is -0.497 e. The number of likely N-dealkylation sites (N-methyl/N-ethyl adjacent to an activating group) is 1. The van der Waals surface area contributed by atoms with Crippen molar-refractivity contribution in [2.75, 3.05) is 27.2 Å². The molecule has 0 bridgehead atoms. The molecule has 7 heteroatoms. The van der Waals surface area contributed by atoms with Crippen molar-refractivity contribution in [3.8, 4) is 5.75 Å². The molecule has 0 spiro atoms. The molecule has 0 saturated carbocycles. The second-order valence-electron chi connectivity index (χ2n) is 6.82. The van der Waals surface area contributed by atoms with Gasteiger partial charge in [0.15, 0.2) is 0 Å². The van der Waals surface area contributed by atoms with Crippen LogP contribution in [0.25, 0.3) is 0 Å². The van der Waals surface area contributed by atoms with Gasteiger partial charge in [0.2, 0.25) is 11.8 Å². The van der Waals surface area contributed by atoms with Crippen LogP contribution in [-0.4, -0.2) is 50.0 Å². The summed E-state index contributed by atoms with van der Waals surface area (Å²) in [5.74, 6) is 1.05. The van der Waals surface area contributed by atoms with Crippen molar-refractivity contribution in [2.24, 2.45) is 5.92 Å². The van der Waals surface area contributed by atoms with Crippen LogP contribution in [0.4, 0.5) is 0 Å². The molecule has 0 aromatic heterocycles. The summed E-state index contributed by atoms with van der Waals surface area (Å²) < 4.78 is 5.20. The van der Waals surface area contributed by atoms with E-state index in [-0.39, 0.29) is 30.3 Å². The quantitative estimate of drug-likeness (QED) is 0.756. The van der Waals surface area contributed by atoms with Gasteiger partial charge in [-0.3, -0.25) is 14.5 Å². The Morgan fingerprint density at radius 1 is 1.27 bits per heavy atom. The second-order valence-corrected chi connectivity index (χ2v) is 6.82. The predicted molar refractivity (Wildman–Crippen MR) is 105 cm³/mol. The zero-order valence-electron chi connectivity index (χ0n) is 16.0. The first-order chi connectivity index (χ1) is 12.0. The lowest BCUT2D eigenvalue weighted by atomic mass is 10.0. The van der Waals surface area contributed by atoms with E-state index in [0.29, 0.717) is 12.5 Å². The van der Waals surface area contributed by atoms with Crippen molar-refractivity contribution in [1.82, 2.24) is 15.5 Å². The lowest BCUT2D eigenvalue weighted by Crippen LogP contribution is -2.49. The van der Waals surface area contributed by atoms with Gasteiger partial charge in [0.1, 0.15) is 11.8 Å². The summed E-state index contributed by atoms with van der Waals surface area (Å²) in [6.45, 7) is 5.51. The lowest BCUT2D eigenvalue weighted by molar-refractivity contribution is -0.131. The van der Waals surface area contributed by atoms with Gasteiger partial charge in [0, 0.05) is 20.1 Å². The van der Waals surface area contributed by atoms with Gasteiger partial charge in [0.25, 0.3) is 0 Å². The van der Waals surface area contributed by atoms with Crippen LogP contribution in [0, 0.1) is 5.92 Å². The molecule has 0 aliphatic carbocycles. The molecule has 1 aliphatic heterocycles. The summed E-state index contributed by atoms with van der Waals surface area (Å²) in [7, 11) is 3.24. The van der Waals surface area contributed by atoms with E-state index in [0.717, 1.165) is 30.7 Å². The third-order valence-electron chi connectivity index (χ3n) is 4.54. The summed E-state index contributed by atoms with van der Waals surface area (Å²) >= 11 is 0. The molecule has 1 saturated heterocycles. The molecule has 2 atom stereocenters. The molecule has 1 aromatic carbocycles. The first-order valence-electron chi connectivity index (χ1n) is 8.87. The highest BCUT2D eigenvalue weighted by Crippen LogP contribution is 2.31. The lowest BCUT2D eigenvalue weighted by Gasteiger charge is -2.31. The Bertz CT molecular complexity index is 592. The Kier molecular flexibility index (Phi) is 8.88. The van der Waals surface area contributed by atoms with E-state index in [1.807, 2.05) is 29.2 Å². The Morgan fingerprint density at radius 3 is 2.46 bits per heavy atom. The molecule has 2 rings (SSSR count). The number of ether oxygens (including phenoxy) is 1. The second kappa shape index (κ2) is 10.4. The molecule has 26 heavy (non-hydrogen) atoms. The predicted octanol–water partition coefficient (Wildman–Crippen LogP) is 2.14. The van der Waals surface area contributed by atoms with Gasteiger partial charge in [-0.1, -0.05) is 26.0 Å². The van der Waals surface area contributed by atoms with E-state index in [1.165, 1.54) is 0 Å². The fraction of sp³-hybridized carbons (Fsp3) is 0.579. The molecular weight excluding hydrogens is 354 g/mol. The highest BCUT2D eigenvalue weighted by molar-refractivity contribution is 5.86. The summed E-state index contributed by atoms with van der Waals surface area (Å²) in [5, 5.41) is 5.74. The molecule has 1 heterocycles. The average molecular weight is 384 g/mol. The van der Waals surface area contributed by atoms with Crippen LogP contribution in [0.1, 0.15) is 38.3 Å². The highest BCUT2D eigenvalue weighted by Gasteiger charge is 2.39. The Labute approximate surface area is 162 Å². The molecule has 0 radical (unpaired) electrons. The number of hydrogen-bond acceptors (Lipinski definition) is 4. The standard InChI is InChI=1S/C19H29N3O3.ClH/c1-13(2)12-21-18(23)16-6-5-11-22(16)17(19(24)20-3)14-7-9-15(25-4)10-8-14;/h7-10,13,16-17H,5-6,11-12H2,1-4H3,(H,20,24)(H,21,23);1H/t16-,17+;/m0./s1. The van der Waals surface area contributed by atoms with Crippen LogP contribution in [0.3, 0.4) is 0 Å². The van der Waals surface area contributed by atoms with Gasteiger partial charge in [-0.05, 0) is 36.5 Å². The average Bonchev–Trinajstić information content (AvgIpc) is 3.09. The van der Waals surface area contributed by atoms with E-state index < -0.39 is 6.04 Å². The van der Waals surface area contributed by atoms with Gasteiger partial charge in [-0.15, -0.1) is 12.4 Å². The van der Waals surface area contributed by atoms with Crippen molar-refractivity contribution < 1.29 is 14.3 Å². The third-order valence-corrected chi connectivity index (χ3v) is 4.54. The number of carbonyl (C=O) groups is 2. The monoisotopic (exact) mass is 383 g/mol. The SMILES string of the molecule is CNC(=O)[C@@H](c1ccc(OC)cc1)N1CCC[C@H]1C(=O)NCC(C)C.Cl. The van der Waals surface area contributed by atoms with E-state index in [1.54, 1.807) is 14.2 Å². The van der Waals surface area contributed by atoms with E-state index in [9.17, 15) is 9.59 Å². The normalized spacial score (nSPS) is 18.1. The van der Waals surface area contributed by atoms with Crippen LogP contribution >= 0.6 is 12.4 Å². The summed E-state index contributed by atoms with van der Waals surface area (Å²) in [5.41, 5.74) is 0.865. The molecule has 146 valence electrons. The fourth-order valence-electron chi connectivity index (χ4n) is 3.22. The Hall–Kier alpha value is -1.79. The maximum atomic E-state index is 12.6. The molecular formula is C19H30ClN3O3. The maximum Gasteiger partial charge on any atom is 0.241 e. The zero-order valence-corrected chi connectivity index (χ0v) is 16.8. The van der Waals surface area contributed by atoms with E-state index in [4.69, 9.17) is 4.74 Å². The van der Waals surface area contributed by atoms with Crippen LogP contribution in [-0.2, 0) is 9.59 Å². The minimum atomic E-state index is -0.479. The van der Waals surface area contributed by atoms with Crippen molar-refractivity contribution in [3.63, 3.8) is 0 Å². The number of hydrogen-bond donors (Lipinski definition) is 2. The molecule has 2 N–H and O–H groups in total. The molecule has 1 aliphatic rings.